The van der Waals surface area contributed by atoms with Crippen LogP contribution < -0.4 is 19.7 Å². The molecule has 1 N–H and O–H groups in total. The zero-order valence-corrected chi connectivity index (χ0v) is 15.3. The lowest BCUT2D eigenvalue weighted by Crippen LogP contribution is -2.45. The quantitative estimate of drug-likeness (QED) is 0.871. The summed E-state index contributed by atoms with van der Waals surface area (Å²) in [5, 5.41) is 2.86. The van der Waals surface area contributed by atoms with Gasteiger partial charge in [-0.2, -0.15) is 0 Å². The summed E-state index contributed by atoms with van der Waals surface area (Å²) in [5.74, 6) is 1.50. The van der Waals surface area contributed by atoms with E-state index >= 15 is 0 Å². The number of carbonyl (C=O) groups is 1. The second kappa shape index (κ2) is 6.96. The van der Waals surface area contributed by atoms with Gasteiger partial charge in [-0.1, -0.05) is 0 Å². The van der Waals surface area contributed by atoms with Crippen molar-refractivity contribution < 1.29 is 23.7 Å². The number of aromatic nitrogens is 1. The van der Waals surface area contributed by atoms with Gasteiger partial charge in [-0.25, -0.2) is 4.98 Å². The third-order valence-electron chi connectivity index (χ3n) is 5.30. The van der Waals surface area contributed by atoms with Crippen molar-refractivity contribution in [2.24, 2.45) is 0 Å². The zero-order valence-electron chi connectivity index (χ0n) is 15.3. The fourth-order valence-electron chi connectivity index (χ4n) is 3.75. The highest BCUT2D eigenvalue weighted by Gasteiger charge is 2.40. The predicted octanol–water partition coefficient (Wildman–Crippen LogP) is 2.41. The van der Waals surface area contributed by atoms with Crippen molar-refractivity contribution >= 4 is 17.4 Å². The summed E-state index contributed by atoms with van der Waals surface area (Å²) in [6.45, 7) is 3.19. The Morgan fingerprint density at radius 3 is 2.57 bits per heavy atom. The van der Waals surface area contributed by atoms with Crippen LogP contribution in [-0.2, 0) is 9.47 Å². The molecule has 0 aliphatic carbocycles. The lowest BCUT2D eigenvalue weighted by atomic mass is 10.0. The molecular formula is C20H21N3O5. The maximum atomic E-state index is 12.5. The molecule has 0 unspecified atom stereocenters. The first kappa shape index (κ1) is 17.3. The Hall–Kier alpha value is -2.84. The fraction of sp³-hybridized carbons (Fsp3) is 0.400. The molecule has 0 radical (unpaired) electrons. The summed E-state index contributed by atoms with van der Waals surface area (Å²) in [6, 6.07) is 8.90. The van der Waals surface area contributed by atoms with Crippen LogP contribution in [0, 0.1) is 0 Å². The molecule has 28 heavy (non-hydrogen) atoms. The number of anilines is 2. The molecule has 0 saturated carbocycles. The SMILES string of the molecule is O=C(Nc1ccc(N2CCC3(CC2)OCCO3)nc1)c1ccc2c(c1)OCO2. The van der Waals surface area contributed by atoms with Crippen LogP contribution in [0.3, 0.4) is 0 Å². The molecule has 2 aromatic rings. The summed E-state index contributed by atoms with van der Waals surface area (Å²) in [7, 11) is 0. The van der Waals surface area contributed by atoms with Crippen LogP contribution in [0.5, 0.6) is 11.5 Å². The van der Waals surface area contributed by atoms with E-state index in [2.05, 4.69) is 15.2 Å². The van der Waals surface area contributed by atoms with E-state index in [1.54, 1.807) is 24.4 Å². The Kier molecular flexibility index (Phi) is 4.29. The number of hydrogen-bond donors (Lipinski definition) is 1. The molecule has 4 heterocycles. The second-order valence-corrected chi connectivity index (χ2v) is 7.02. The molecule has 8 nitrogen and oxygen atoms in total. The summed E-state index contributed by atoms with van der Waals surface area (Å²) >= 11 is 0. The highest BCUT2D eigenvalue weighted by atomic mass is 16.7. The number of nitrogens with zero attached hydrogens (tertiary/aromatic N) is 2. The van der Waals surface area contributed by atoms with E-state index in [1.165, 1.54) is 0 Å². The first-order valence-corrected chi connectivity index (χ1v) is 9.41. The van der Waals surface area contributed by atoms with Crippen LogP contribution in [0.25, 0.3) is 0 Å². The molecular weight excluding hydrogens is 362 g/mol. The number of amides is 1. The van der Waals surface area contributed by atoms with Gasteiger partial charge in [0.25, 0.3) is 5.91 Å². The molecule has 3 aliphatic rings. The van der Waals surface area contributed by atoms with Crippen molar-refractivity contribution in [1.29, 1.82) is 0 Å². The van der Waals surface area contributed by atoms with Gasteiger partial charge in [0.2, 0.25) is 6.79 Å². The molecule has 8 heteroatoms. The van der Waals surface area contributed by atoms with Gasteiger partial charge < -0.3 is 29.2 Å². The molecule has 0 atom stereocenters. The monoisotopic (exact) mass is 383 g/mol. The van der Waals surface area contributed by atoms with Crippen LogP contribution in [0.1, 0.15) is 23.2 Å². The summed E-state index contributed by atoms with van der Waals surface area (Å²) in [5.41, 5.74) is 1.15. The molecule has 1 aromatic carbocycles. The number of fused-ring (bicyclic) bond motifs is 1. The minimum Gasteiger partial charge on any atom is -0.454 e. The van der Waals surface area contributed by atoms with Crippen molar-refractivity contribution in [1.82, 2.24) is 4.98 Å². The summed E-state index contributed by atoms with van der Waals surface area (Å²) < 4.78 is 22.1. The minimum atomic E-state index is -0.394. The third-order valence-corrected chi connectivity index (χ3v) is 5.30. The highest BCUT2D eigenvalue weighted by molar-refractivity contribution is 6.04. The topological polar surface area (TPSA) is 82.2 Å². The Morgan fingerprint density at radius 2 is 1.82 bits per heavy atom. The second-order valence-electron chi connectivity index (χ2n) is 7.02. The van der Waals surface area contributed by atoms with Crippen LogP contribution in [0.4, 0.5) is 11.5 Å². The summed E-state index contributed by atoms with van der Waals surface area (Å²) in [4.78, 5) is 19.2. The molecule has 0 bridgehead atoms. The maximum absolute atomic E-state index is 12.5. The van der Waals surface area contributed by atoms with E-state index in [-0.39, 0.29) is 12.7 Å². The van der Waals surface area contributed by atoms with Crippen molar-refractivity contribution in [2.75, 3.05) is 43.3 Å². The van der Waals surface area contributed by atoms with Crippen molar-refractivity contribution in [3.63, 3.8) is 0 Å². The van der Waals surface area contributed by atoms with Crippen LogP contribution >= 0.6 is 0 Å². The van der Waals surface area contributed by atoms with Crippen molar-refractivity contribution in [3.05, 3.63) is 42.1 Å². The van der Waals surface area contributed by atoms with Gasteiger partial charge in [0.05, 0.1) is 25.1 Å². The lowest BCUT2D eigenvalue weighted by Gasteiger charge is -2.38. The average molecular weight is 383 g/mol. The Labute approximate surface area is 162 Å². The van der Waals surface area contributed by atoms with E-state index < -0.39 is 5.79 Å². The van der Waals surface area contributed by atoms with E-state index in [1.807, 2.05) is 12.1 Å². The average Bonchev–Trinajstić information content (AvgIpc) is 3.38. The summed E-state index contributed by atoms with van der Waals surface area (Å²) in [6.07, 6.45) is 3.34. The zero-order chi connectivity index (χ0) is 19.0. The standard InChI is InChI=1S/C20H21N3O5/c24-19(14-1-3-16-17(11-14)26-13-25-16)22-15-2-4-18(21-12-15)23-7-5-20(6-8-23)27-9-10-28-20/h1-4,11-12H,5-10,13H2,(H,22,24). The highest BCUT2D eigenvalue weighted by Crippen LogP contribution is 2.34. The Morgan fingerprint density at radius 1 is 1.04 bits per heavy atom. The van der Waals surface area contributed by atoms with E-state index in [0.29, 0.717) is 36.0 Å². The number of benzene rings is 1. The molecule has 5 rings (SSSR count). The fourth-order valence-corrected chi connectivity index (χ4v) is 3.75. The number of pyridine rings is 1. The van der Waals surface area contributed by atoms with E-state index in [9.17, 15) is 4.79 Å². The Bertz CT molecular complexity index is 870. The van der Waals surface area contributed by atoms with Gasteiger partial charge in [0.15, 0.2) is 17.3 Å². The first-order valence-electron chi connectivity index (χ1n) is 9.41. The van der Waals surface area contributed by atoms with Gasteiger partial charge in [-0.3, -0.25) is 4.79 Å². The minimum absolute atomic E-state index is 0.182. The maximum Gasteiger partial charge on any atom is 0.255 e. The van der Waals surface area contributed by atoms with Crippen molar-refractivity contribution in [2.45, 2.75) is 18.6 Å². The van der Waals surface area contributed by atoms with Crippen LogP contribution in [-0.4, -0.2) is 49.8 Å². The van der Waals surface area contributed by atoms with Gasteiger partial charge in [0.1, 0.15) is 5.82 Å². The lowest BCUT2D eigenvalue weighted by molar-refractivity contribution is -0.169. The third kappa shape index (κ3) is 3.25. The number of nitrogens with one attached hydrogen (secondary N) is 1. The number of ether oxygens (including phenoxy) is 4. The van der Waals surface area contributed by atoms with Gasteiger partial charge in [-0.15, -0.1) is 0 Å². The normalized spacial score (nSPS) is 19.8. The number of carbonyl (C=O) groups excluding carboxylic acids is 1. The van der Waals surface area contributed by atoms with Crippen molar-refractivity contribution in [3.8, 4) is 11.5 Å². The smallest absolute Gasteiger partial charge is 0.255 e. The molecule has 1 amide bonds. The number of rotatable bonds is 3. The van der Waals surface area contributed by atoms with Gasteiger partial charge in [-0.05, 0) is 30.3 Å². The molecule has 1 spiro atoms. The Balaban J connectivity index is 1.21. The van der Waals surface area contributed by atoms with Gasteiger partial charge >= 0.3 is 0 Å². The molecule has 146 valence electrons. The number of piperidine rings is 1. The number of hydrogen-bond acceptors (Lipinski definition) is 7. The van der Waals surface area contributed by atoms with E-state index in [0.717, 1.165) is 31.7 Å². The van der Waals surface area contributed by atoms with E-state index in [4.69, 9.17) is 18.9 Å². The molecule has 1 aromatic heterocycles. The molecule has 3 aliphatic heterocycles. The van der Waals surface area contributed by atoms with Gasteiger partial charge in [0, 0.05) is 31.5 Å². The largest absolute Gasteiger partial charge is 0.454 e. The molecule has 2 saturated heterocycles. The predicted molar refractivity (Wildman–Crippen MR) is 101 cm³/mol. The van der Waals surface area contributed by atoms with Crippen LogP contribution in [0.2, 0.25) is 0 Å². The van der Waals surface area contributed by atoms with Crippen LogP contribution in [0.15, 0.2) is 36.5 Å². The molecule has 2 fully saturated rings. The first-order chi connectivity index (χ1) is 13.7.